The summed E-state index contributed by atoms with van der Waals surface area (Å²) in [5.74, 6) is 0.426. The van der Waals surface area contributed by atoms with E-state index in [1.165, 1.54) is 0 Å². The van der Waals surface area contributed by atoms with E-state index >= 15 is 0 Å². The highest BCUT2D eigenvalue weighted by molar-refractivity contribution is 6.06. The fourth-order valence-electron chi connectivity index (χ4n) is 3.21. The molecule has 116 valence electrons. The Morgan fingerprint density at radius 1 is 1.40 bits per heavy atom. The molecule has 0 aliphatic carbocycles. The van der Waals surface area contributed by atoms with Gasteiger partial charge < -0.3 is 20.7 Å². The van der Waals surface area contributed by atoms with Gasteiger partial charge in [-0.3, -0.25) is 4.79 Å². The van der Waals surface area contributed by atoms with E-state index in [1.807, 2.05) is 32.8 Å². The van der Waals surface area contributed by atoms with Crippen LogP contribution in [0.15, 0.2) is 5.16 Å². The van der Waals surface area contributed by atoms with Gasteiger partial charge in [0.25, 0.3) is 0 Å². The zero-order valence-electron chi connectivity index (χ0n) is 13.3. The summed E-state index contributed by atoms with van der Waals surface area (Å²) in [7, 11) is 4.07. The Kier molecular flexibility index (Phi) is 5.39. The molecule has 1 saturated heterocycles. The number of hydrogen-bond donors (Lipinski definition) is 2. The van der Waals surface area contributed by atoms with E-state index in [0.717, 1.165) is 6.54 Å². The summed E-state index contributed by atoms with van der Waals surface area (Å²) in [6.45, 7) is 7.39. The fourth-order valence-corrected chi connectivity index (χ4v) is 3.21. The van der Waals surface area contributed by atoms with Crippen LogP contribution in [0.1, 0.15) is 33.6 Å². The van der Waals surface area contributed by atoms with E-state index in [9.17, 15) is 4.79 Å². The molecule has 0 bridgehead atoms. The first-order valence-corrected chi connectivity index (χ1v) is 7.27. The second-order valence-corrected chi connectivity index (χ2v) is 5.99. The van der Waals surface area contributed by atoms with Crippen molar-refractivity contribution in [2.45, 2.75) is 39.7 Å². The normalized spacial score (nSPS) is 24.5. The molecule has 0 saturated carbocycles. The van der Waals surface area contributed by atoms with Crippen LogP contribution in [0.4, 0.5) is 0 Å². The van der Waals surface area contributed by atoms with E-state index < -0.39 is 5.41 Å². The quantitative estimate of drug-likeness (QED) is 0.341. The molecule has 2 atom stereocenters. The molecule has 3 N–H and O–H groups in total. The van der Waals surface area contributed by atoms with Crippen molar-refractivity contribution in [2.75, 3.05) is 27.2 Å². The Labute approximate surface area is 121 Å². The minimum atomic E-state index is -0.879. The summed E-state index contributed by atoms with van der Waals surface area (Å²) in [6, 6.07) is 0.359. The maximum Gasteiger partial charge on any atom is 0.236 e. The number of likely N-dealkylation sites (tertiary alicyclic amines) is 1. The molecule has 1 fully saturated rings. The molecule has 6 heteroatoms. The third kappa shape index (κ3) is 2.75. The van der Waals surface area contributed by atoms with Crippen molar-refractivity contribution in [2.24, 2.45) is 22.2 Å². The number of hydrogen-bond acceptors (Lipinski definition) is 4. The predicted octanol–water partition coefficient (Wildman–Crippen LogP) is 0.948. The third-order valence-electron chi connectivity index (χ3n) is 4.74. The number of carbonyl (C=O) groups is 1. The lowest BCUT2D eigenvalue weighted by molar-refractivity contribution is -0.138. The summed E-state index contributed by atoms with van der Waals surface area (Å²) in [6.07, 6.45) is 1.07. The van der Waals surface area contributed by atoms with E-state index in [-0.39, 0.29) is 11.7 Å². The average molecular weight is 284 g/mol. The first kappa shape index (κ1) is 16.8. The standard InChI is InChI=1S/C14H28N4O2/c1-6-14(7-2,12(15)16-20)13(19)18-8-10(3)11(9-18)17(4)5/h10-11,20H,6-9H2,1-5H3,(H2,15,16). The highest BCUT2D eigenvalue weighted by Gasteiger charge is 2.45. The van der Waals surface area contributed by atoms with Gasteiger partial charge in [-0.05, 0) is 32.9 Å². The number of likely N-dealkylation sites (N-methyl/N-ethyl adjacent to an activating group) is 1. The van der Waals surface area contributed by atoms with E-state index in [4.69, 9.17) is 10.9 Å². The Hall–Kier alpha value is -1.30. The van der Waals surface area contributed by atoms with Crippen molar-refractivity contribution < 1.29 is 10.0 Å². The van der Waals surface area contributed by atoms with Gasteiger partial charge in [-0.1, -0.05) is 25.9 Å². The monoisotopic (exact) mass is 284 g/mol. The predicted molar refractivity (Wildman–Crippen MR) is 79.6 cm³/mol. The molecule has 1 amide bonds. The Balaban J connectivity index is 2.99. The van der Waals surface area contributed by atoms with Crippen molar-refractivity contribution >= 4 is 11.7 Å². The molecule has 0 spiro atoms. The number of amides is 1. The van der Waals surface area contributed by atoms with Crippen molar-refractivity contribution in [1.29, 1.82) is 0 Å². The first-order chi connectivity index (χ1) is 9.33. The third-order valence-corrected chi connectivity index (χ3v) is 4.74. The van der Waals surface area contributed by atoms with Crippen LogP contribution in [0.25, 0.3) is 0 Å². The maximum atomic E-state index is 12.9. The number of amidine groups is 1. The Bertz CT molecular complexity index is 377. The SMILES string of the molecule is CCC(CC)(C(=O)N1CC(C)C(N(C)C)C1)C(N)=NO. The van der Waals surface area contributed by atoms with Gasteiger partial charge in [-0.2, -0.15) is 0 Å². The summed E-state index contributed by atoms with van der Waals surface area (Å²) in [4.78, 5) is 16.9. The molecule has 1 rings (SSSR count). The maximum absolute atomic E-state index is 12.9. The molecule has 0 aromatic carbocycles. The smallest absolute Gasteiger partial charge is 0.236 e. The van der Waals surface area contributed by atoms with Gasteiger partial charge in [0.15, 0.2) is 5.84 Å². The van der Waals surface area contributed by atoms with Gasteiger partial charge in [0.05, 0.1) is 0 Å². The van der Waals surface area contributed by atoms with Crippen molar-refractivity contribution in [3.63, 3.8) is 0 Å². The molecule has 1 heterocycles. The van der Waals surface area contributed by atoms with Crippen LogP contribution < -0.4 is 5.73 Å². The summed E-state index contributed by atoms with van der Waals surface area (Å²) in [5.41, 5.74) is 4.93. The highest BCUT2D eigenvalue weighted by atomic mass is 16.4. The Morgan fingerprint density at radius 2 is 1.95 bits per heavy atom. The van der Waals surface area contributed by atoms with Crippen LogP contribution in [0.2, 0.25) is 0 Å². The van der Waals surface area contributed by atoms with Crippen LogP contribution in [-0.2, 0) is 4.79 Å². The lowest BCUT2D eigenvalue weighted by Gasteiger charge is -2.33. The molecular weight excluding hydrogens is 256 g/mol. The number of nitrogens with zero attached hydrogens (tertiary/aromatic N) is 3. The van der Waals surface area contributed by atoms with Crippen LogP contribution in [-0.4, -0.2) is 60.0 Å². The Morgan fingerprint density at radius 3 is 2.30 bits per heavy atom. The van der Waals surface area contributed by atoms with Crippen molar-refractivity contribution in [3.8, 4) is 0 Å². The van der Waals surface area contributed by atoms with Gasteiger partial charge in [0.2, 0.25) is 5.91 Å². The van der Waals surface area contributed by atoms with E-state index in [1.54, 1.807) is 0 Å². The summed E-state index contributed by atoms with van der Waals surface area (Å²) in [5, 5.41) is 12.1. The van der Waals surface area contributed by atoms with Gasteiger partial charge in [-0.25, -0.2) is 0 Å². The number of carbonyl (C=O) groups excluding carboxylic acids is 1. The fraction of sp³-hybridized carbons (Fsp3) is 0.857. The molecular formula is C14H28N4O2. The number of rotatable bonds is 5. The molecule has 0 aromatic heterocycles. The van der Waals surface area contributed by atoms with Crippen molar-refractivity contribution in [3.05, 3.63) is 0 Å². The van der Waals surface area contributed by atoms with Gasteiger partial charge in [0, 0.05) is 19.1 Å². The second-order valence-electron chi connectivity index (χ2n) is 5.99. The molecule has 1 aliphatic heterocycles. The highest BCUT2D eigenvalue weighted by Crippen LogP contribution is 2.32. The lowest BCUT2D eigenvalue weighted by Crippen LogP contribution is -2.50. The summed E-state index contributed by atoms with van der Waals surface area (Å²) < 4.78 is 0. The summed E-state index contributed by atoms with van der Waals surface area (Å²) >= 11 is 0. The van der Waals surface area contributed by atoms with Gasteiger partial charge >= 0.3 is 0 Å². The average Bonchev–Trinajstić information content (AvgIpc) is 2.82. The first-order valence-electron chi connectivity index (χ1n) is 7.27. The minimum Gasteiger partial charge on any atom is -0.409 e. The van der Waals surface area contributed by atoms with Crippen LogP contribution in [0, 0.1) is 11.3 Å². The topological polar surface area (TPSA) is 82.2 Å². The van der Waals surface area contributed by atoms with E-state index in [2.05, 4.69) is 17.0 Å². The van der Waals surface area contributed by atoms with Gasteiger partial charge in [0.1, 0.15) is 5.41 Å². The van der Waals surface area contributed by atoms with Crippen LogP contribution in [0.5, 0.6) is 0 Å². The van der Waals surface area contributed by atoms with E-state index in [0.29, 0.717) is 31.3 Å². The molecule has 6 nitrogen and oxygen atoms in total. The molecule has 2 unspecified atom stereocenters. The largest absolute Gasteiger partial charge is 0.409 e. The van der Waals surface area contributed by atoms with Crippen LogP contribution >= 0.6 is 0 Å². The molecule has 0 aromatic rings. The number of oxime groups is 1. The number of nitrogens with two attached hydrogens (primary N) is 1. The van der Waals surface area contributed by atoms with Crippen molar-refractivity contribution in [1.82, 2.24) is 9.80 Å². The van der Waals surface area contributed by atoms with Crippen LogP contribution in [0.3, 0.4) is 0 Å². The lowest BCUT2D eigenvalue weighted by atomic mass is 9.79. The second kappa shape index (κ2) is 6.43. The zero-order chi connectivity index (χ0) is 15.5. The molecule has 20 heavy (non-hydrogen) atoms. The molecule has 1 aliphatic rings. The molecule has 0 radical (unpaired) electrons. The minimum absolute atomic E-state index is 0.0194. The van der Waals surface area contributed by atoms with Gasteiger partial charge in [-0.15, -0.1) is 0 Å². The zero-order valence-corrected chi connectivity index (χ0v) is 13.3.